The molecule has 0 heterocycles. The summed E-state index contributed by atoms with van der Waals surface area (Å²) in [5.41, 5.74) is 0.712. The normalized spacial score (nSPS) is 16.0. The SMILES string of the molecule is CN(CCNC1CCCCC1)c1cc(F)c(F)cc1/N=C\C=O. The number of aldehydes is 1. The van der Waals surface area contributed by atoms with Gasteiger partial charge in [0, 0.05) is 38.3 Å². The van der Waals surface area contributed by atoms with Gasteiger partial charge in [0.05, 0.1) is 17.6 Å². The van der Waals surface area contributed by atoms with Crippen LogP contribution >= 0.6 is 0 Å². The van der Waals surface area contributed by atoms with E-state index >= 15 is 0 Å². The number of nitrogens with one attached hydrogen (secondary N) is 1. The second kappa shape index (κ2) is 8.72. The molecule has 1 N–H and O–H groups in total. The van der Waals surface area contributed by atoms with Gasteiger partial charge >= 0.3 is 0 Å². The number of rotatable bonds is 7. The first-order chi connectivity index (χ1) is 11.1. The number of nitrogens with zero attached hydrogens (tertiary/aromatic N) is 2. The summed E-state index contributed by atoms with van der Waals surface area (Å²) in [5, 5.41) is 3.51. The number of benzene rings is 1. The molecule has 0 bridgehead atoms. The van der Waals surface area contributed by atoms with Gasteiger partial charge in [0.25, 0.3) is 0 Å². The maximum atomic E-state index is 13.5. The maximum Gasteiger partial charge on any atom is 0.161 e. The molecule has 0 saturated heterocycles. The van der Waals surface area contributed by atoms with Gasteiger partial charge in [-0.3, -0.25) is 9.79 Å². The highest BCUT2D eigenvalue weighted by Crippen LogP contribution is 2.30. The Kier molecular flexibility index (Phi) is 6.65. The van der Waals surface area contributed by atoms with Crippen molar-refractivity contribution in [3.8, 4) is 0 Å². The van der Waals surface area contributed by atoms with E-state index in [0.717, 1.165) is 24.9 Å². The van der Waals surface area contributed by atoms with Crippen LogP contribution in [-0.2, 0) is 4.79 Å². The Morgan fingerprint density at radius 2 is 1.96 bits per heavy atom. The van der Waals surface area contributed by atoms with E-state index in [0.29, 0.717) is 24.6 Å². The molecule has 4 nitrogen and oxygen atoms in total. The minimum atomic E-state index is -0.972. The van der Waals surface area contributed by atoms with Gasteiger partial charge < -0.3 is 10.2 Å². The third-order valence-corrected chi connectivity index (χ3v) is 4.19. The van der Waals surface area contributed by atoms with Gasteiger partial charge in [-0.2, -0.15) is 0 Å². The molecule has 1 saturated carbocycles. The molecule has 126 valence electrons. The topological polar surface area (TPSA) is 44.7 Å². The fourth-order valence-corrected chi connectivity index (χ4v) is 2.91. The van der Waals surface area contributed by atoms with Gasteiger partial charge in [-0.05, 0) is 12.8 Å². The van der Waals surface area contributed by atoms with Gasteiger partial charge in [0.2, 0.25) is 0 Å². The smallest absolute Gasteiger partial charge is 0.161 e. The first-order valence-corrected chi connectivity index (χ1v) is 8.03. The molecule has 23 heavy (non-hydrogen) atoms. The summed E-state index contributed by atoms with van der Waals surface area (Å²) >= 11 is 0. The van der Waals surface area contributed by atoms with Gasteiger partial charge in [0.1, 0.15) is 0 Å². The van der Waals surface area contributed by atoms with Crippen LogP contribution in [0.1, 0.15) is 32.1 Å². The van der Waals surface area contributed by atoms with E-state index in [1.807, 2.05) is 4.90 Å². The summed E-state index contributed by atoms with van der Waals surface area (Å²) in [4.78, 5) is 16.1. The number of aliphatic imine (C=N–C) groups is 1. The highest BCUT2D eigenvalue weighted by atomic mass is 19.2. The molecule has 1 aromatic carbocycles. The molecule has 0 spiro atoms. The Balaban J connectivity index is 1.99. The predicted molar refractivity (Wildman–Crippen MR) is 88.7 cm³/mol. The molecule has 1 aromatic rings. The van der Waals surface area contributed by atoms with E-state index in [2.05, 4.69) is 10.3 Å². The van der Waals surface area contributed by atoms with Gasteiger partial charge in [0.15, 0.2) is 17.9 Å². The fraction of sp³-hybridized carbons (Fsp3) is 0.529. The van der Waals surface area contributed by atoms with Crippen molar-refractivity contribution < 1.29 is 13.6 Å². The van der Waals surface area contributed by atoms with E-state index in [-0.39, 0.29) is 5.69 Å². The summed E-state index contributed by atoms with van der Waals surface area (Å²) in [6, 6.07) is 2.68. The van der Waals surface area contributed by atoms with Crippen molar-refractivity contribution in [3.05, 3.63) is 23.8 Å². The van der Waals surface area contributed by atoms with E-state index in [9.17, 15) is 13.6 Å². The van der Waals surface area contributed by atoms with E-state index < -0.39 is 11.6 Å². The number of carbonyl (C=O) groups excluding carboxylic acids is 1. The van der Waals surface area contributed by atoms with Crippen LogP contribution in [0.25, 0.3) is 0 Å². The van der Waals surface area contributed by atoms with Crippen molar-refractivity contribution in [1.82, 2.24) is 5.32 Å². The zero-order chi connectivity index (χ0) is 16.7. The molecular weight excluding hydrogens is 300 g/mol. The third-order valence-electron chi connectivity index (χ3n) is 4.19. The van der Waals surface area contributed by atoms with Crippen molar-refractivity contribution in [1.29, 1.82) is 0 Å². The molecule has 0 unspecified atom stereocenters. The van der Waals surface area contributed by atoms with Crippen molar-refractivity contribution in [3.63, 3.8) is 0 Å². The van der Waals surface area contributed by atoms with Crippen molar-refractivity contribution in [2.75, 3.05) is 25.0 Å². The third kappa shape index (κ3) is 5.10. The summed E-state index contributed by atoms with van der Waals surface area (Å²) < 4.78 is 26.9. The number of hydrogen-bond donors (Lipinski definition) is 1. The van der Waals surface area contributed by atoms with Crippen molar-refractivity contribution in [2.45, 2.75) is 38.1 Å². The Labute approximate surface area is 135 Å². The zero-order valence-corrected chi connectivity index (χ0v) is 13.4. The minimum Gasteiger partial charge on any atom is -0.371 e. The first kappa shape index (κ1) is 17.5. The van der Waals surface area contributed by atoms with Crippen LogP contribution in [0.3, 0.4) is 0 Å². The van der Waals surface area contributed by atoms with Crippen LogP contribution in [0.5, 0.6) is 0 Å². The lowest BCUT2D eigenvalue weighted by atomic mass is 9.95. The molecule has 0 aromatic heterocycles. The van der Waals surface area contributed by atoms with Gasteiger partial charge in [-0.15, -0.1) is 0 Å². The van der Waals surface area contributed by atoms with Crippen LogP contribution < -0.4 is 10.2 Å². The Bertz CT molecular complexity index is 557. The van der Waals surface area contributed by atoms with Crippen LogP contribution in [0.4, 0.5) is 20.2 Å². The van der Waals surface area contributed by atoms with Gasteiger partial charge in [-0.25, -0.2) is 8.78 Å². The largest absolute Gasteiger partial charge is 0.371 e. The van der Waals surface area contributed by atoms with Crippen LogP contribution in [0, 0.1) is 11.6 Å². The standard InChI is InChI=1S/C17H23F2N3O/c1-22(9-7-20-13-5-3-2-4-6-13)17-12-15(19)14(18)11-16(17)21-8-10-23/h8,10-13,20H,2-7,9H2,1H3/b21-8-. The molecule has 0 amide bonds. The lowest BCUT2D eigenvalue weighted by molar-refractivity contribution is -0.102. The molecule has 0 radical (unpaired) electrons. The Morgan fingerprint density at radius 3 is 2.65 bits per heavy atom. The summed E-state index contributed by atoms with van der Waals surface area (Å²) in [6.45, 7) is 1.40. The summed E-state index contributed by atoms with van der Waals surface area (Å²) in [7, 11) is 1.80. The predicted octanol–water partition coefficient (Wildman–Crippen LogP) is 3.22. The van der Waals surface area contributed by atoms with E-state index in [4.69, 9.17) is 0 Å². The summed E-state index contributed by atoms with van der Waals surface area (Å²) in [5.74, 6) is -1.89. The monoisotopic (exact) mass is 323 g/mol. The lowest BCUT2D eigenvalue weighted by Gasteiger charge is -2.26. The highest BCUT2D eigenvalue weighted by Gasteiger charge is 2.15. The first-order valence-electron chi connectivity index (χ1n) is 8.03. The van der Waals surface area contributed by atoms with Crippen LogP contribution in [0.2, 0.25) is 0 Å². The molecular formula is C17H23F2N3O. The molecule has 0 aliphatic heterocycles. The number of halogens is 2. The molecule has 6 heteroatoms. The van der Waals surface area contributed by atoms with Crippen LogP contribution in [-0.4, -0.2) is 38.7 Å². The maximum absolute atomic E-state index is 13.5. The average Bonchev–Trinajstić information content (AvgIpc) is 2.56. The zero-order valence-electron chi connectivity index (χ0n) is 13.4. The minimum absolute atomic E-state index is 0.246. The quantitative estimate of drug-likeness (QED) is 0.619. The number of hydrogen-bond acceptors (Lipinski definition) is 4. The molecule has 1 fully saturated rings. The second-order valence-corrected chi connectivity index (χ2v) is 5.88. The van der Waals surface area contributed by atoms with E-state index in [1.54, 1.807) is 7.05 Å². The molecule has 2 rings (SSSR count). The number of carbonyl (C=O) groups is 1. The van der Waals surface area contributed by atoms with Crippen molar-refractivity contribution >= 4 is 23.9 Å². The van der Waals surface area contributed by atoms with Gasteiger partial charge in [-0.1, -0.05) is 19.3 Å². The average molecular weight is 323 g/mol. The highest BCUT2D eigenvalue weighted by molar-refractivity contribution is 6.14. The fourth-order valence-electron chi connectivity index (χ4n) is 2.91. The molecule has 1 aliphatic carbocycles. The second-order valence-electron chi connectivity index (χ2n) is 5.88. The number of anilines is 1. The lowest BCUT2D eigenvalue weighted by Crippen LogP contribution is -2.37. The van der Waals surface area contributed by atoms with E-state index in [1.165, 1.54) is 32.1 Å². The molecule has 1 aliphatic rings. The Morgan fingerprint density at radius 1 is 1.26 bits per heavy atom. The summed E-state index contributed by atoms with van der Waals surface area (Å²) in [6.07, 6.45) is 7.78. The Hall–Kier alpha value is -1.82. The molecule has 0 atom stereocenters. The number of likely N-dealkylation sites (N-methyl/N-ethyl adjacent to an activating group) is 1. The van der Waals surface area contributed by atoms with Crippen molar-refractivity contribution in [2.24, 2.45) is 4.99 Å². The van der Waals surface area contributed by atoms with Crippen LogP contribution in [0.15, 0.2) is 17.1 Å².